The van der Waals surface area contributed by atoms with Crippen LogP contribution < -0.4 is 0 Å². The molecule has 1 aromatic heterocycles. The molecule has 0 amide bonds. The fourth-order valence-corrected chi connectivity index (χ4v) is 1.45. The Hall–Kier alpha value is -2.51. The summed E-state index contributed by atoms with van der Waals surface area (Å²) in [4.78, 5) is 22.4. The number of non-ortho nitro benzene ring substituents is 1. The van der Waals surface area contributed by atoms with E-state index in [1.165, 1.54) is 0 Å². The third-order valence-corrected chi connectivity index (χ3v) is 2.09. The smallest absolute Gasteiger partial charge is 0.296 e. The number of rotatable bonds is 2. The maximum Gasteiger partial charge on any atom is 0.296 e. The van der Waals surface area contributed by atoms with Crippen molar-refractivity contribution in [3.8, 4) is 5.88 Å². The van der Waals surface area contributed by atoms with Crippen LogP contribution in [0.2, 0.25) is 0 Å². The molecule has 7 nitrogen and oxygen atoms in total. The number of H-pyrrole nitrogens is 1. The maximum atomic E-state index is 13.0. The van der Waals surface area contributed by atoms with Crippen LogP contribution >= 0.6 is 0 Å². The minimum absolute atomic E-state index is 0.126. The number of aromatic amines is 1. The number of fused-ring (bicyclic) bond motifs is 1. The zero-order chi connectivity index (χ0) is 11.9. The molecule has 2 aromatic rings. The van der Waals surface area contributed by atoms with E-state index >= 15 is 0 Å². The second-order valence-corrected chi connectivity index (χ2v) is 3.02. The number of nitroso groups, excluding NO2 is 1. The molecule has 1 heterocycles. The van der Waals surface area contributed by atoms with E-state index in [1.54, 1.807) is 0 Å². The lowest BCUT2D eigenvalue weighted by Crippen LogP contribution is -1.90. The number of aromatic nitrogens is 1. The molecule has 0 aliphatic heterocycles. The second kappa shape index (κ2) is 3.26. The van der Waals surface area contributed by atoms with Gasteiger partial charge in [0.05, 0.1) is 11.0 Å². The molecule has 16 heavy (non-hydrogen) atoms. The summed E-state index contributed by atoms with van der Waals surface area (Å²) >= 11 is 0. The number of halogens is 1. The molecule has 0 unspecified atom stereocenters. The lowest BCUT2D eigenvalue weighted by molar-refractivity contribution is -0.383. The Bertz CT molecular complexity index is 607. The van der Waals surface area contributed by atoms with Crippen molar-refractivity contribution in [1.82, 2.24) is 4.98 Å². The molecule has 0 atom stereocenters. The molecule has 0 aliphatic carbocycles. The first-order chi connectivity index (χ1) is 7.54. The molecule has 0 saturated heterocycles. The Morgan fingerprint density at radius 3 is 2.75 bits per heavy atom. The van der Waals surface area contributed by atoms with Gasteiger partial charge in [-0.1, -0.05) is 0 Å². The Morgan fingerprint density at radius 1 is 1.50 bits per heavy atom. The number of hydrogen-bond donors (Lipinski definition) is 2. The van der Waals surface area contributed by atoms with Crippen LogP contribution in [0.5, 0.6) is 5.88 Å². The van der Waals surface area contributed by atoms with Crippen molar-refractivity contribution >= 4 is 22.3 Å². The van der Waals surface area contributed by atoms with E-state index in [9.17, 15) is 24.5 Å². The van der Waals surface area contributed by atoms with Crippen molar-refractivity contribution in [2.24, 2.45) is 5.18 Å². The first-order valence-electron chi connectivity index (χ1n) is 4.06. The van der Waals surface area contributed by atoms with Crippen molar-refractivity contribution in [3.05, 3.63) is 33.0 Å². The Labute approximate surface area is 86.6 Å². The van der Waals surface area contributed by atoms with Crippen LogP contribution in [0.15, 0.2) is 17.3 Å². The molecule has 1 aromatic carbocycles. The Morgan fingerprint density at radius 2 is 2.19 bits per heavy atom. The first-order valence-corrected chi connectivity index (χ1v) is 4.06. The second-order valence-electron chi connectivity index (χ2n) is 3.02. The summed E-state index contributed by atoms with van der Waals surface area (Å²) in [6, 6.07) is 1.57. The van der Waals surface area contributed by atoms with Crippen molar-refractivity contribution in [2.75, 3.05) is 0 Å². The first kappa shape index (κ1) is 10.0. The van der Waals surface area contributed by atoms with Gasteiger partial charge < -0.3 is 10.1 Å². The zero-order valence-electron chi connectivity index (χ0n) is 7.60. The van der Waals surface area contributed by atoms with Gasteiger partial charge in [-0.25, -0.2) is 4.39 Å². The quantitative estimate of drug-likeness (QED) is 0.464. The highest BCUT2D eigenvalue weighted by atomic mass is 19.1. The molecule has 8 heteroatoms. The number of nitrogens with one attached hydrogen (secondary N) is 1. The number of aromatic hydroxyl groups is 1. The average Bonchev–Trinajstić information content (AvgIpc) is 2.52. The topological polar surface area (TPSA) is 109 Å². The summed E-state index contributed by atoms with van der Waals surface area (Å²) in [5.41, 5.74) is -1.16. The van der Waals surface area contributed by atoms with Gasteiger partial charge in [-0.15, -0.1) is 4.91 Å². The summed E-state index contributed by atoms with van der Waals surface area (Å²) in [7, 11) is 0. The monoisotopic (exact) mass is 225 g/mol. The van der Waals surface area contributed by atoms with Crippen molar-refractivity contribution < 1.29 is 14.4 Å². The van der Waals surface area contributed by atoms with Gasteiger partial charge >= 0.3 is 0 Å². The van der Waals surface area contributed by atoms with Crippen LogP contribution in [0.3, 0.4) is 0 Å². The number of hydrogen-bond acceptors (Lipinski definition) is 5. The van der Waals surface area contributed by atoms with Gasteiger partial charge in [0.15, 0.2) is 5.69 Å². The van der Waals surface area contributed by atoms with Gasteiger partial charge in [-0.05, 0) is 11.2 Å². The average molecular weight is 225 g/mol. The van der Waals surface area contributed by atoms with E-state index in [1.807, 2.05) is 0 Å². The molecule has 0 spiro atoms. The minimum atomic E-state index is -0.886. The van der Waals surface area contributed by atoms with E-state index in [-0.39, 0.29) is 10.9 Å². The molecule has 82 valence electrons. The molecule has 0 saturated carbocycles. The highest BCUT2D eigenvalue weighted by molar-refractivity contribution is 5.99. The predicted octanol–water partition coefficient (Wildman–Crippen LogP) is 2.32. The molecular formula is C8H4FN3O4. The van der Waals surface area contributed by atoms with E-state index in [0.717, 1.165) is 6.07 Å². The van der Waals surface area contributed by atoms with Crippen LogP contribution in [0.25, 0.3) is 10.9 Å². The molecule has 0 aliphatic rings. The van der Waals surface area contributed by atoms with Gasteiger partial charge in [0.2, 0.25) is 5.88 Å². The van der Waals surface area contributed by atoms with Crippen molar-refractivity contribution in [2.45, 2.75) is 0 Å². The van der Waals surface area contributed by atoms with Crippen LogP contribution in [0.4, 0.5) is 15.8 Å². The molecule has 2 rings (SSSR count). The highest BCUT2D eigenvalue weighted by Crippen LogP contribution is 2.39. The number of nitro groups is 1. The SMILES string of the molecule is O=Nc1c(O)[nH]c2c([N+](=O)[O-])cc(F)cc12. The molecule has 2 N–H and O–H groups in total. The molecular weight excluding hydrogens is 221 g/mol. The molecule has 0 radical (unpaired) electrons. The summed E-state index contributed by atoms with van der Waals surface area (Å²) in [5, 5.41) is 22.2. The van der Waals surface area contributed by atoms with E-state index in [0.29, 0.717) is 6.07 Å². The lowest BCUT2D eigenvalue weighted by atomic mass is 10.2. The number of nitro benzene ring substituents is 1. The van der Waals surface area contributed by atoms with Gasteiger partial charge in [-0.2, -0.15) is 0 Å². The number of benzene rings is 1. The van der Waals surface area contributed by atoms with Crippen LogP contribution in [0.1, 0.15) is 0 Å². The van der Waals surface area contributed by atoms with Crippen molar-refractivity contribution in [1.29, 1.82) is 0 Å². The van der Waals surface area contributed by atoms with Crippen molar-refractivity contribution in [3.63, 3.8) is 0 Å². The van der Waals surface area contributed by atoms with Crippen LogP contribution in [-0.4, -0.2) is 15.0 Å². The van der Waals surface area contributed by atoms with Gasteiger partial charge in [0.1, 0.15) is 11.3 Å². The highest BCUT2D eigenvalue weighted by Gasteiger charge is 2.21. The van der Waals surface area contributed by atoms with Gasteiger partial charge in [0, 0.05) is 5.39 Å². The molecule has 0 bridgehead atoms. The third kappa shape index (κ3) is 1.28. The standard InChI is InChI=1S/C8H4FN3O4/c9-3-1-4-6(5(2-3)12(15)16)10-8(13)7(4)11-14/h1-2,10,13H. The predicted molar refractivity (Wildman–Crippen MR) is 52.0 cm³/mol. The Balaban J connectivity index is 2.94. The van der Waals surface area contributed by atoms with Crippen LogP contribution in [0, 0.1) is 20.8 Å². The van der Waals surface area contributed by atoms with Gasteiger partial charge in [-0.3, -0.25) is 10.1 Å². The maximum absolute atomic E-state index is 13.0. The normalized spacial score (nSPS) is 10.6. The fraction of sp³-hybridized carbons (Fsp3) is 0. The molecule has 0 fully saturated rings. The summed E-state index contributed by atoms with van der Waals surface area (Å²) in [6.45, 7) is 0. The lowest BCUT2D eigenvalue weighted by Gasteiger charge is -1.94. The van der Waals surface area contributed by atoms with E-state index < -0.39 is 28.0 Å². The van der Waals surface area contributed by atoms with Crippen LogP contribution in [-0.2, 0) is 0 Å². The Kier molecular flexibility index (Phi) is 2.04. The third-order valence-electron chi connectivity index (χ3n) is 2.09. The zero-order valence-corrected chi connectivity index (χ0v) is 7.60. The largest absolute Gasteiger partial charge is 0.493 e. The van der Waals surface area contributed by atoms with E-state index in [2.05, 4.69) is 10.2 Å². The van der Waals surface area contributed by atoms with Gasteiger partial charge in [0.25, 0.3) is 5.69 Å². The summed E-state index contributed by atoms with van der Waals surface area (Å²) in [5.74, 6) is -1.51. The minimum Gasteiger partial charge on any atom is -0.493 e. The number of nitrogens with zero attached hydrogens (tertiary/aromatic N) is 2. The fourth-order valence-electron chi connectivity index (χ4n) is 1.45. The van der Waals surface area contributed by atoms with E-state index in [4.69, 9.17) is 0 Å². The summed E-state index contributed by atoms with van der Waals surface area (Å²) in [6.07, 6.45) is 0. The summed E-state index contributed by atoms with van der Waals surface area (Å²) < 4.78 is 13.0.